The molecule has 2 fully saturated rings. The molecule has 0 aromatic rings. The van der Waals surface area contributed by atoms with Crippen LogP contribution in [0.3, 0.4) is 0 Å². The van der Waals surface area contributed by atoms with Gasteiger partial charge in [0.05, 0.1) is 12.7 Å². The highest BCUT2D eigenvalue weighted by Crippen LogP contribution is 2.25. The summed E-state index contributed by atoms with van der Waals surface area (Å²) in [6.07, 6.45) is 1.11. The highest BCUT2D eigenvalue weighted by Gasteiger charge is 2.43. The van der Waals surface area contributed by atoms with Gasteiger partial charge in [0, 0.05) is 25.6 Å². The van der Waals surface area contributed by atoms with Crippen molar-refractivity contribution in [1.29, 1.82) is 0 Å². The maximum absolute atomic E-state index is 12.2. The molecule has 92 valence electrons. The number of nitrogens with zero attached hydrogens (tertiary/aromatic N) is 1. The second-order valence-electron chi connectivity index (χ2n) is 5.00. The number of aliphatic hydroxyl groups excluding tert-OH is 1. The number of nitrogens with two attached hydrogens (primary N) is 1. The lowest BCUT2D eigenvalue weighted by molar-refractivity contribution is -0.136. The van der Waals surface area contributed by atoms with Crippen molar-refractivity contribution < 1.29 is 14.6 Å². The van der Waals surface area contributed by atoms with E-state index in [0.717, 1.165) is 6.42 Å². The van der Waals surface area contributed by atoms with Crippen LogP contribution in [0.5, 0.6) is 0 Å². The largest absolute Gasteiger partial charge is 0.393 e. The Morgan fingerprint density at radius 2 is 2.44 bits per heavy atom. The summed E-state index contributed by atoms with van der Waals surface area (Å²) in [5, 5.41) is 9.49. The number of likely N-dealkylation sites (tertiary alicyclic amines) is 1. The van der Waals surface area contributed by atoms with E-state index in [1.807, 2.05) is 0 Å². The van der Waals surface area contributed by atoms with E-state index in [9.17, 15) is 9.90 Å². The van der Waals surface area contributed by atoms with Gasteiger partial charge in [-0.25, -0.2) is 0 Å². The Bertz CT molecular complexity index is 274. The van der Waals surface area contributed by atoms with Gasteiger partial charge in [-0.05, 0) is 19.8 Å². The van der Waals surface area contributed by atoms with E-state index in [4.69, 9.17) is 10.5 Å². The van der Waals surface area contributed by atoms with Gasteiger partial charge < -0.3 is 20.5 Å². The van der Waals surface area contributed by atoms with E-state index in [1.54, 1.807) is 11.8 Å². The SMILES string of the molecule is CC(O)C1CCN(C(=O)C2(N)CCOC2)C1. The third kappa shape index (κ3) is 2.07. The lowest BCUT2D eigenvalue weighted by Crippen LogP contribution is -2.55. The lowest BCUT2D eigenvalue weighted by Gasteiger charge is -2.27. The molecule has 3 unspecified atom stereocenters. The Kier molecular flexibility index (Phi) is 3.19. The summed E-state index contributed by atoms with van der Waals surface area (Å²) in [5.74, 6) is 0.169. The van der Waals surface area contributed by atoms with Crippen LogP contribution in [0.25, 0.3) is 0 Å². The fourth-order valence-corrected chi connectivity index (χ4v) is 2.43. The number of aliphatic hydroxyl groups is 1. The maximum atomic E-state index is 12.2. The molecule has 1 amide bonds. The molecule has 0 aromatic heterocycles. The molecule has 3 N–H and O–H groups in total. The molecule has 0 aromatic carbocycles. The van der Waals surface area contributed by atoms with Crippen LogP contribution < -0.4 is 5.73 Å². The first-order valence-corrected chi connectivity index (χ1v) is 5.87. The smallest absolute Gasteiger partial charge is 0.245 e. The van der Waals surface area contributed by atoms with Crippen LogP contribution in [0.1, 0.15) is 19.8 Å². The second kappa shape index (κ2) is 4.31. The number of rotatable bonds is 2. The van der Waals surface area contributed by atoms with Gasteiger partial charge in [-0.2, -0.15) is 0 Å². The fraction of sp³-hybridized carbons (Fsp3) is 0.909. The predicted octanol–water partition coefficient (Wildman–Crippen LogP) is -0.666. The Hall–Kier alpha value is -0.650. The van der Waals surface area contributed by atoms with Crippen LogP contribution in [0, 0.1) is 5.92 Å². The molecule has 0 bridgehead atoms. The van der Waals surface area contributed by atoms with Gasteiger partial charge in [-0.3, -0.25) is 4.79 Å². The third-order valence-electron chi connectivity index (χ3n) is 3.67. The predicted molar refractivity (Wildman–Crippen MR) is 58.7 cm³/mol. The third-order valence-corrected chi connectivity index (χ3v) is 3.67. The number of ether oxygens (including phenoxy) is 1. The standard InChI is InChI=1S/C11H20N2O3/c1-8(14)9-2-4-13(6-9)10(15)11(12)3-5-16-7-11/h8-9,14H,2-7,12H2,1H3. The van der Waals surface area contributed by atoms with Gasteiger partial charge >= 0.3 is 0 Å². The number of hydrogen-bond acceptors (Lipinski definition) is 4. The van der Waals surface area contributed by atoms with Crippen molar-refractivity contribution >= 4 is 5.91 Å². The van der Waals surface area contributed by atoms with Gasteiger partial charge in [0.2, 0.25) is 5.91 Å². The lowest BCUT2D eigenvalue weighted by atomic mass is 9.98. The zero-order valence-corrected chi connectivity index (χ0v) is 9.69. The molecule has 16 heavy (non-hydrogen) atoms. The molecule has 0 saturated carbocycles. The Morgan fingerprint density at radius 1 is 1.69 bits per heavy atom. The van der Waals surface area contributed by atoms with E-state index in [1.165, 1.54) is 0 Å². The monoisotopic (exact) mass is 228 g/mol. The summed E-state index contributed by atoms with van der Waals surface area (Å²) in [5.41, 5.74) is 5.20. The van der Waals surface area contributed by atoms with Gasteiger partial charge in [0.25, 0.3) is 0 Å². The minimum absolute atomic E-state index is 0.0202. The highest BCUT2D eigenvalue weighted by molar-refractivity contribution is 5.86. The van der Waals surface area contributed by atoms with Gasteiger partial charge in [-0.15, -0.1) is 0 Å². The van der Waals surface area contributed by atoms with Gasteiger partial charge in [0.15, 0.2) is 0 Å². The minimum Gasteiger partial charge on any atom is -0.393 e. The summed E-state index contributed by atoms with van der Waals surface area (Å²) >= 11 is 0. The van der Waals surface area contributed by atoms with Gasteiger partial charge in [-0.1, -0.05) is 0 Å². The first-order chi connectivity index (χ1) is 7.53. The Balaban J connectivity index is 1.96. The average molecular weight is 228 g/mol. The molecule has 2 heterocycles. The molecule has 2 saturated heterocycles. The van der Waals surface area contributed by atoms with Crippen molar-refractivity contribution in [2.45, 2.75) is 31.4 Å². The summed E-state index contributed by atoms with van der Waals surface area (Å²) in [6.45, 7) is 3.98. The van der Waals surface area contributed by atoms with Crippen LogP contribution in [0.2, 0.25) is 0 Å². The molecule has 5 heteroatoms. The van der Waals surface area contributed by atoms with E-state index in [2.05, 4.69) is 0 Å². The quantitative estimate of drug-likeness (QED) is 0.657. The number of carbonyl (C=O) groups excluding carboxylic acids is 1. The maximum Gasteiger partial charge on any atom is 0.245 e. The van der Waals surface area contributed by atoms with Crippen LogP contribution >= 0.6 is 0 Å². The van der Waals surface area contributed by atoms with Crippen molar-refractivity contribution in [3.63, 3.8) is 0 Å². The molecule has 2 aliphatic heterocycles. The van der Waals surface area contributed by atoms with Crippen molar-refractivity contribution in [1.82, 2.24) is 4.90 Å². The van der Waals surface area contributed by atoms with Crippen molar-refractivity contribution in [2.75, 3.05) is 26.3 Å². The summed E-state index contributed by atoms with van der Waals surface area (Å²) < 4.78 is 5.19. The average Bonchev–Trinajstić information content (AvgIpc) is 2.85. The molecule has 3 atom stereocenters. The highest BCUT2D eigenvalue weighted by atomic mass is 16.5. The number of hydrogen-bond donors (Lipinski definition) is 2. The van der Waals surface area contributed by atoms with E-state index in [0.29, 0.717) is 32.7 Å². The van der Waals surface area contributed by atoms with Crippen molar-refractivity contribution in [3.05, 3.63) is 0 Å². The van der Waals surface area contributed by atoms with Gasteiger partial charge in [0.1, 0.15) is 5.54 Å². The molecule has 0 radical (unpaired) electrons. The number of amides is 1. The first kappa shape index (κ1) is 11.8. The zero-order valence-electron chi connectivity index (χ0n) is 9.69. The van der Waals surface area contributed by atoms with Crippen molar-refractivity contribution in [2.24, 2.45) is 11.7 Å². The molecule has 0 aliphatic carbocycles. The second-order valence-corrected chi connectivity index (χ2v) is 5.00. The summed E-state index contributed by atoms with van der Waals surface area (Å²) in [4.78, 5) is 13.9. The fourth-order valence-electron chi connectivity index (χ4n) is 2.43. The van der Waals surface area contributed by atoms with E-state index < -0.39 is 5.54 Å². The van der Waals surface area contributed by atoms with Crippen molar-refractivity contribution in [3.8, 4) is 0 Å². The molecule has 5 nitrogen and oxygen atoms in total. The Morgan fingerprint density at radius 3 is 2.94 bits per heavy atom. The normalized spacial score (nSPS) is 36.7. The number of carbonyl (C=O) groups is 1. The van der Waals surface area contributed by atoms with Crippen LogP contribution in [0.4, 0.5) is 0 Å². The topological polar surface area (TPSA) is 75.8 Å². The van der Waals surface area contributed by atoms with Crippen LogP contribution in [-0.2, 0) is 9.53 Å². The summed E-state index contributed by atoms with van der Waals surface area (Å²) in [6, 6.07) is 0. The molecule has 2 aliphatic rings. The van der Waals surface area contributed by atoms with Crippen LogP contribution in [-0.4, -0.2) is 53.9 Å². The molecule has 2 rings (SSSR count). The zero-order chi connectivity index (χ0) is 11.8. The minimum atomic E-state index is -0.826. The molecular formula is C11H20N2O3. The summed E-state index contributed by atoms with van der Waals surface area (Å²) in [7, 11) is 0. The first-order valence-electron chi connectivity index (χ1n) is 5.87. The van der Waals surface area contributed by atoms with E-state index >= 15 is 0 Å². The van der Waals surface area contributed by atoms with Crippen LogP contribution in [0.15, 0.2) is 0 Å². The molecule has 0 spiro atoms. The Labute approximate surface area is 95.5 Å². The van der Waals surface area contributed by atoms with E-state index in [-0.39, 0.29) is 17.9 Å². The molecular weight excluding hydrogens is 208 g/mol.